The quantitative estimate of drug-likeness (QED) is 0.0373. The lowest BCUT2D eigenvalue weighted by Gasteiger charge is -2.33. The maximum absolute atomic E-state index is 14.2. The summed E-state index contributed by atoms with van der Waals surface area (Å²) in [6.45, 7) is 13.8. The van der Waals surface area contributed by atoms with Gasteiger partial charge in [-0.1, -0.05) is 54.4 Å². The topological polar surface area (TPSA) is 268 Å². The molecule has 0 fully saturated rings. The molecule has 0 saturated heterocycles. The van der Waals surface area contributed by atoms with E-state index >= 15 is 0 Å². The largest absolute Gasteiger partial charge is 0.464 e. The molecule has 26 heteroatoms. The monoisotopic (exact) mass is 1070 g/mol. The van der Waals surface area contributed by atoms with Gasteiger partial charge in [-0.15, -0.1) is 12.4 Å². The first-order valence-electron chi connectivity index (χ1n) is 20.6. The fraction of sp³-hybridized carbons (Fsp3) is 0.439. The molecule has 2 aromatic carbocycles. The van der Waals surface area contributed by atoms with Crippen LogP contribution in [0.3, 0.4) is 0 Å². The molecule has 67 heavy (non-hydrogen) atoms. The number of hydrogen-bond acceptors (Lipinski definition) is 15. The van der Waals surface area contributed by atoms with E-state index in [2.05, 4.69) is 40.1 Å². The minimum atomic E-state index is -3.49. The minimum Gasteiger partial charge on any atom is -0.464 e. The van der Waals surface area contributed by atoms with Gasteiger partial charge in [0.2, 0.25) is 7.44 Å². The van der Waals surface area contributed by atoms with E-state index in [1.807, 2.05) is 64.1 Å². The second-order valence-corrected chi connectivity index (χ2v) is 24.1. The fourth-order valence-electron chi connectivity index (χ4n) is 6.05. The molecular weight excluding hydrogens is 1010 g/mol. The molecule has 0 amide bonds. The highest BCUT2D eigenvalue weighted by molar-refractivity contribution is 8.08. The van der Waals surface area contributed by atoms with Crippen LogP contribution < -0.4 is 27.4 Å². The highest BCUT2D eigenvalue weighted by atomic mass is 35.9. The summed E-state index contributed by atoms with van der Waals surface area (Å²) in [6, 6.07) is 14.6. The Labute approximate surface area is 415 Å². The zero-order valence-corrected chi connectivity index (χ0v) is 43.7. The number of nitrogen functional groups attached to an aromatic ring is 2. The highest BCUT2D eigenvalue weighted by Crippen LogP contribution is 2.56. The zero-order chi connectivity index (χ0) is 48.8. The maximum Gasteiger partial charge on any atom is 0.326 e. The second-order valence-electron chi connectivity index (χ2n) is 15.8. The van der Waals surface area contributed by atoms with Gasteiger partial charge in [0.1, 0.15) is 41.9 Å². The molecule has 368 valence electrons. The highest BCUT2D eigenvalue weighted by Gasteiger charge is 2.38. The van der Waals surface area contributed by atoms with Crippen molar-refractivity contribution in [2.75, 3.05) is 30.8 Å². The number of carbonyl (C=O) groups is 1. The molecule has 1 unspecified atom stereocenters. The first-order valence-corrected chi connectivity index (χ1v) is 27.0. The lowest BCUT2D eigenvalue weighted by molar-refractivity contribution is -0.149. The van der Waals surface area contributed by atoms with Crippen LogP contribution in [0.1, 0.15) is 78.1 Å². The zero-order valence-electron chi connectivity index (χ0n) is 38.1. The number of anilines is 2. The summed E-state index contributed by atoms with van der Waals surface area (Å²) >= 11 is 22.5. The fourth-order valence-corrected chi connectivity index (χ4v) is 9.50. The van der Waals surface area contributed by atoms with Crippen molar-refractivity contribution in [2.24, 2.45) is 5.73 Å². The van der Waals surface area contributed by atoms with E-state index in [0.29, 0.717) is 58.5 Å². The number of rotatable bonds is 19. The van der Waals surface area contributed by atoms with Crippen LogP contribution in [0.25, 0.3) is 22.3 Å². The van der Waals surface area contributed by atoms with Crippen LogP contribution in [0.15, 0.2) is 73.8 Å². The molecule has 0 aliphatic carbocycles. The number of halogens is 5. The van der Waals surface area contributed by atoms with Crippen LogP contribution in [0.5, 0.6) is 0 Å². The third-order valence-corrected chi connectivity index (χ3v) is 13.2. The van der Waals surface area contributed by atoms with Gasteiger partial charge >= 0.3 is 5.97 Å². The van der Waals surface area contributed by atoms with Crippen LogP contribution in [0.4, 0.5) is 11.6 Å². The molecular formula is C41H58Cl5N13O6P2. The summed E-state index contributed by atoms with van der Waals surface area (Å²) in [5.41, 5.74) is 20.2. The third-order valence-electron chi connectivity index (χ3n) is 9.39. The van der Waals surface area contributed by atoms with Crippen molar-refractivity contribution in [1.29, 1.82) is 0 Å². The normalized spacial score (nSPS) is 14.3. The van der Waals surface area contributed by atoms with Crippen molar-refractivity contribution >= 4 is 111 Å². The molecule has 0 spiro atoms. The average molecular weight is 1070 g/mol. The summed E-state index contributed by atoms with van der Waals surface area (Å²) in [6.07, 6.45) is 5.64. The standard InChI is InChI=1S/C24H35ClN7O4P.C9H12Cl2N5O2P.C8H10ClN.ClH/c1-6-11-35-23(33)24(4,5)31-37(34,30-17(3)18-7-9-19(25)10-8-18)15-36-16(2)12-32-14-29-20-21(26)27-13-28-22(20)32;1-6(18-5-19(10,11)17)2-16-4-15-7-8(12)13-3-14-9(7)16;1-6(10)7-2-4-8(9)5-3-7;/h7-10,13-14,16-17H,6,11-12,15H2,1-5H3,(H2,26,27,28)(H2,30,31,34);3-4,6H,2,5H2,1H3,(H2,12,13,14);2-6H,10H2,1H3;1H/t16-,17-,37?;2*6-;/m111./s1. The van der Waals surface area contributed by atoms with E-state index in [9.17, 15) is 13.9 Å². The van der Waals surface area contributed by atoms with Gasteiger partial charge in [0.25, 0.3) is 5.85 Å². The number of hydrogen-bond donors (Lipinski definition) is 5. The first kappa shape index (κ1) is 57.6. The number of benzene rings is 2. The third kappa shape index (κ3) is 18.3. The van der Waals surface area contributed by atoms with Crippen molar-refractivity contribution in [3.8, 4) is 0 Å². The van der Waals surface area contributed by atoms with Crippen LogP contribution >= 0.6 is 71.4 Å². The van der Waals surface area contributed by atoms with E-state index in [4.69, 9.17) is 77.1 Å². The van der Waals surface area contributed by atoms with E-state index in [1.165, 1.54) is 12.7 Å². The van der Waals surface area contributed by atoms with Gasteiger partial charge in [0, 0.05) is 22.1 Å². The summed E-state index contributed by atoms with van der Waals surface area (Å²) < 4.78 is 45.5. The number of esters is 1. The molecule has 0 bridgehead atoms. The molecule has 6 rings (SSSR count). The summed E-state index contributed by atoms with van der Waals surface area (Å²) in [4.78, 5) is 37.2. The van der Waals surface area contributed by atoms with Crippen molar-refractivity contribution in [3.05, 3.63) is 95.0 Å². The van der Waals surface area contributed by atoms with Crippen molar-refractivity contribution < 1.29 is 28.1 Å². The van der Waals surface area contributed by atoms with Crippen LogP contribution in [0.2, 0.25) is 10.0 Å². The molecule has 6 aromatic rings. The molecule has 19 nitrogen and oxygen atoms in total. The lowest BCUT2D eigenvalue weighted by Crippen LogP contribution is -2.49. The maximum atomic E-state index is 14.2. The van der Waals surface area contributed by atoms with Gasteiger partial charge in [-0.2, -0.15) is 0 Å². The molecule has 5 atom stereocenters. The molecule has 4 heterocycles. The minimum absolute atomic E-state index is 0. The average Bonchev–Trinajstić information content (AvgIpc) is 3.87. The van der Waals surface area contributed by atoms with Gasteiger partial charge in [0.15, 0.2) is 22.9 Å². The molecule has 0 aliphatic rings. The Balaban J connectivity index is 0.000000326. The van der Waals surface area contributed by atoms with Crippen LogP contribution in [0, 0.1) is 0 Å². The predicted octanol–water partition coefficient (Wildman–Crippen LogP) is 9.51. The Bertz CT molecular complexity index is 2580. The number of nitrogens with one attached hydrogen (secondary N) is 2. The number of nitrogens with two attached hydrogens (primary N) is 3. The van der Waals surface area contributed by atoms with Crippen LogP contribution in [-0.4, -0.2) is 82.1 Å². The molecule has 8 N–H and O–H groups in total. The van der Waals surface area contributed by atoms with Crippen molar-refractivity contribution in [3.63, 3.8) is 0 Å². The van der Waals surface area contributed by atoms with Crippen molar-refractivity contribution in [2.45, 2.75) is 97.8 Å². The Kier molecular flexibility index (Phi) is 22.7. The summed E-state index contributed by atoms with van der Waals surface area (Å²) in [5, 5.41) is 7.52. The van der Waals surface area contributed by atoms with E-state index in [-0.39, 0.29) is 56.0 Å². The summed E-state index contributed by atoms with van der Waals surface area (Å²) in [5.74, 6) is -3.09. The lowest BCUT2D eigenvalue weighted by atomic mass is 10.1. The number of aromatic nitrogens is 8. The molecule has 0 aliphatic heterocycles. The van der Waals surface area contributed by atoms with Gasteiger partial charge < -0.3 is 40.5 Å². The Morgan fingerprint density at radius 3 is 1.63 bits per heavy atom. The summed E-state index contributed by atoms with van der Waals surface area (Å²) in [7, 11) is -3.49. The number of imidazole rings is 2. The van der Waals surface area contributed by atoms with Gasteiger partial charge in [0.05, 0.1) is 44.6 Å². The van der Waals surface area contributed by atoms with E-state index in [0.717, 1.165) is 16.1 Å². The first-order chi connectivity index (χ1) is 31.0. The SMILES string of the molecule is CCCOC(=O)C(C)(C)NP(=O)(CO[C@H](C)Cn1cnc2c(N)ncnc21)N[C@H](C)c1ccc(Cl)cc1.C[C@@H](N)c1ccc(Cl)cc1.C[C@H](Cn1cnc2c(N)ncnc21)OCP(=O)(Cl)Cl.Cl. The number of ether oxygens (including phenoxy) is 3. The smallest absolute Gasteiger partial charge is 0.326 e. The second kappa shape index (κ2) is 26.3. The number of carbonyl (C=O) groups excluding carboxylic acids is 1. The van der Waals surface area contributed by atoms with Crippen molar-refractivity contribution in [1.82, 2.24) is 49.2 Å². The van der Waals surface area contributed by atoms with E-state index < -0.39 is 24.8 Å². The van der Waals surface area contributed by atoms with Gasteiger partial charge in [-0.25, -0.2) is 40.1 Å². The number of nitrogens with zero attached hydrogens (tertiary/aromatic N) is 8. The predicted molar refractivity (Wildman–Crippen MR) is 270 cm³/mol. The van der Waals surface area contributed by atoms with Crippen LogP contribution in [-0.2, 0) is 41.2 Å². The molecule has 0 saturated carbocycles. The molecule has 4 aromatic heterocycles. The van der Waals surface area contributed by atoms with Gasteiger partial charge in [-0.05, 0) is 106 Å². The van der Waals surface area contributed by atoms with E-state index in [1.54, 1.807) is 54.7 Å². The molecule has 0 radical (unpaired) electrons. The Morgan fingerprint density at radius 1 is 0.746 bits per heavy atom. The van der Waals surface area contributed by atoms with Gasteiger partial charge in [-0.3, -0.25) is 13.9 Å². The Morgan fingerprint density at radius 2 is 1.19 bits per heavy atom. The Hall–Kier alpha value is -3.68. The number of fused-ring (bicyclic) bond motifs is 2.